The predicted octanol–water partition coefficient (Wildman–Crippen LogP) is 6.16. The van der Waals surface area contributed by atoms with Crippen molar-refractivity contribution in [2.24, 2.45) is 5.92 Å². The highest BCUT2D eigenvalue weighted by molar-refractivity contribution is 5.94. The molecule has 0 aliphatic carbocycles. The van der Waals surface area contributed by atoms with Gasteiger partial charge in [-0.3, -0.25) is 4.79 Å². The number of fused-ring (bicyclic) bond motifs is 1. The Morgan fingerprint density at radius 1 is 0.935 bits per heavy atom. The van der Waals surface area contributed by atoms with Crippen molar-refractivity contribution in [3.05, 3.63) is 101 Å². The van der Waals surface area contributed by atoms with Gasteiger partial charge in [-0.05, 0) is 60.1 Å². The SMILES string of the molecule is CC(C)CC(NC(=O)c1ccc(CN2CCCc3ccccc32)cc1)c1ccccc1. The van der Waals surface area contributed by atoms with Crippen molar-refractivity contribution in [2.75, 3.05) is 11.4 Å². The summed E-state index contributed by atoms with van der Waals surface area (Å²) in [5, 5.41) is 3.25. The first-order valence-electron chi connectivity index (χ1n) is 11.4. The summed E-state index contributed by atoms with van der Waals surface area (Å²) in [5.41, 5.74) is 5.88. The van der Waals surface area contributed by atoms with Crippen LogP contribution in [0.4, 0.5) is 5.69 Å². The van der Waals surface area contributed by atoms with Gasteiger partial charge in [0.05, 0.1) is 6.04 Å². The highest BCUT2D eigenvalue weighted by Gasteiger charge is 2.18. The summed E-state index contributed by atoms with van der Waals surface area (Å²) < 4.78 is 0. The predicted molar refractivity (Wildman–Crippen MR) is 128 cm³/mol. The zero-order valence-electron chi connectivity index (χ0n) is 18.6. The number of benzene rings is 3. The van der Waals surface area contributed by atoms with Gasteiger partial charge < -0.3 is 10.2 Å². The van der Waals surface area contributed by atoms with E-state index in [-0.39, 0.29) is 11.9 Å². The average Bonchev–Trinajstić information content (AvgIpc) is 2.79. The highest BCUT2D eigenvalue weighted by Crippen LogP contribution is 2.28. The van der Waals surface area contributed by atoms with Gasteiger partial charge in [0.15, 0.2) is 0 Å². The third kappa shape index (κ3) is 5.35. The zero-order valence-corrected chi connectivity index (χ0v) is 18.6. The lowest BCUT2D eigenvalue weighted by atomic mass is 9.96. The number of anilines is 1. The molecule has 31 heavy (non-hydrogen) atoms. The molecule has 1 atom stereocenters. The number of hydrogen-bond acceptors (Lipinski definition) is 2. The summed E-state index contributed by atoms with van der Waals surface area (Å²) in [6.07, 6.45) is 3.27. The lowest BCUT2D eigenvalue weighted by Crippen LogP contribution is -2.30. The molecule has 0 spiro atoms. The van der Waals surface area contributed by atoms with Crippen LogP contribution in [0, 0.1) is 5.92 Å². The van der Waals surface area contributed by atoms with Crippen LogP contribution in [0.15, 0.2) is 78.9 Å². The first kappa shape index (κ1) is 21.2. The quantitative estimate of drug-likeness (QED) is 0.504. The Bertz CT molecular complexity index is 995. The second kappa shape index (κ2) is 9.82. The summed E-state index contributed by atoms with van der Waals surface area (Å²) in [6, 6.07) is 27.1. The number of nitrogens with zero attached hydrogens (tertiary/aromatic N) is 1. The number of carbonyl (C=O) groups is 1. The summed E-state index contributed by atoms with van der Waals surface area (Å²) >= 11 is 0. The Labute approximate surface area is 186 Å². The van der Waals surface area contributed by atoms with E-state index in [1.807, 2.05) is 30.3 Å². The fraction of sp³-hybridized carbons (Fsp3) is 0.321. The topological polar surface area (TPSA) is 32.3 Å². The highest BCUT2D eigenvalue weighted by atomic mass is 16.1. The molecule has 0 radical (unpaired) electrons. The van der Waals surface area contributed by atoms with Gasteiger partial charge in [-0.2, -0.15) is 0 Å². The van der Waals surface area contributed by atoms with Crippen LogP contribution in [0.25, 0.3) is 0 Å². The molecule has 0 saturated carbocycles. The molecule has 1 aliphatic rings. The summed E-state index contributed by atoms with van der Waals surface area (Å²) in [6.45, 7) is 6.33. The van der Waals surface area contributed by atoms with Gasteiger partial charge in [-0.25, -0.2) is 0 Å². The Morgan fingerprint density at radius 3 is 2.39 bits per heavy atom. The van der Waals surface area contributed by atoms with E-state index in [2.05, 4.69) is 72.6 Å². The maximum Gasteiger partial charge on any atom is 0.251 e. The summed E-state index contributed by atoms with van der Waals surface area (Å²) in [7, 11) is 0. The van der Waals surface area contributed by atoms with Crippen LogP contribution in [-0.4, -0.2) is 12.5 Å². The molecule has 3 aromatic rings. The van der Waals surface area contributed by atoms with Crippen molar-refractivity contribution in [1.82, 2.24) is 5.32 Å². The van der Waals surface area contributed by atoms with Gasteiger partial charge in [0.2, 0.25) is 0 Å². The first-order valence-corrected chi connectivity index (χ1v) is 11.4. The molecule has 3 nitrogen and oxygen atoms in total. The maximum absolute atomic E-state index is 13.0. The van der Waals surface area contributed by atoms with Crippen LogP contribution in [0.1, 0.15) is 59.8 Å². The molecule has 1 aliphatic heterocycles. The van der Waals surface area contributed by atoms with Crippen molar-refractivity contribution in [2.45, 2.75) is 45.7 Å². The molecule has 3 heteroatoms. The zero-order chi connectivity index (χ0) is 21.6. The lowest BCUT2D eigenvalue weighted by Gasteiger charge is -2.31. The monoisotopic (exact) mass is 412 g/mol. The smallest absolute Gasteiger partial charge is 0.251 e. The molecule has 4 rings (SSSR count). The number of para-hydroxylation sites is 1. The minimum absolute atomic E-state index is 0.00984. The molecule has 1 heterocycles. The van der Waals surface area contributed by atoms with Crippen LogP contribution in [-0.2, 0) is 13.0 Å². The lowest BCUT2D eigenvalue weighted by molar-refractivity contribution is 0.0932. The van der Waals surface area contributed by atoms with Gasteiger partial charge in [0.25, 0.3) is 5.91 Å². The minimum Gasteiger partial charge on any atom is -0.367 e. The number of carbonyl (C=O) groups excluding carboxylic acids is 1. The normalized spacial score (nSPS) is 14.2. The van der Waals surface area contributed by atoms with Crippen LogP contribution >= 0.6 is 0 Å². The maximum atomic E-state index is 13.0. The standard InChI is InChI=1S/C28H32N2O/c1-21(2)19-26(23-9-4-3-5-10-23)29-28(31)25-16-14-22(15-17-25)20-30-18-8-12-24-11-6-7-13-27(24)30/h3-7,9-11,13-17,21,26H,8,12,18-20H2,1-2H3,(H,29,31). The van der Waals surface area contributed by atoms with Gasteiger partial charge in [-0.15, -0.1) is 0 Å². The van der Waals surface area contributed by atoms with E-state index in [1.54, 1.807) is 0 Å². The largest absolute Gasteiger partial charge is 0.367 e. The van der Waals surface area contributed by atoms with Crippen molar-refractivity contribution in [3.8, 4) is 0 Å². The molecule has 3 aromatic carbocycles. The van der Waals surface area contributed by atoms with Crippen LogP contribution in [0.3, 0.4) is 0 Å². The van der Waals surface area contributed by atoms with E-state index in [9.17, 15) is 4.79 Å². The molecule has 1 amide bonds. The van der Waals surface area contributed by atoms with Crippen molar-refractivity contribution >= 4 is 11.6 Å². The Balaban J connectivity index is 1.43. The number of aryl methyl sites for hydroxylation is 1. The van der Waals surface area contributed by atoms with E-state index < -0.39 is 0 Å². The Kier molecular flexibility index (Phi) is 6.71. The van der Waals surface area contributed by atoms with Gasteiger partial charge in [0, 0.05) is 24.3 Å². The summed E-state index contributed by atoms with van der Waals surface area (Å²) in [4.78, 5) is 15.4. The van der Waals surface area contributed by atoms with Gasteiger partial charge in [0.1, 0.15) is 0 Å². The first-order chi connectivity index (χ1) is 15.1. The van der Waals surface area contributed by atoms with Gasteiger partial charge in [-0.1, -0.05) is 74.5 Å². The average molecular weight is 413 g/mol. The molecular formula is C28H32N2O. The van der Waals surface area contributed by atoms with Crippen LogP contribution in [0.5, 0.6) is 0 Å². The van der Waals surface area contributed by atoms with Crippen molar-refractivity contribution in [3.63, 3.8) is 0 Å². The molecule has 0 aromatic heterocycles. The number of nitrogens with one attached hydrogen (secondary N) is 1. The molecule has 0 bridgehead atoms. The fourth-order valence-corrected chi connectivity index (χ4v) is 4.43. The third-order valence-electron chi connectivity index (χ3n) is 6.01. The van der Waals surface area contributed by atoms with Gasteiger partial charge >= 0.3 is 0 Å². The van der Waals surface area contributed by atoms with E-state index in [1.165, 1.54) is 23.2 Å². The van der Waals surface area contributed by atoms with Crippen LogP contribution in [0.2, 0.25) is 0 Å². The Morgan fingerprint density at radius 2 is 1.65 bits per heavy atom. The fourth-order valence-electron chi connectivity index (χ4n) is 4.43. The molecule has 1 unspecified atom stereocenters. The van der Waals surface area contributed by atoms with E-state index >= 15 is 0 Å². The van der Waals surface area contributed by atoms with E-state index in [0.717, 1.165) is 31.5 Å². The second-order valence-electron chi connectivity index (χ2n) is 8.92. The number of hydrogen-bond donors (Lipinski definition) is 1. The summed E-state index contributed by atoms with van der Waals surface area (Å²) in [5.74, 6) is 0.490. The number of rotatable bonds is 7. The molecule has 0 fully saturated rings. The molecule has 160 valence electrons. The Hall–Kier alpha value is -3.07. The molecule has 1 N–H and O–H groups in total. The third-order valence-corrected chi connectivity index (χ3v) is 6.01. The number of amides is 1. The van der Waals surface area contributed by atoms with E-state index in [4.69, 9.17) is 0 Å². The molecular weight excluding hydrogens is 380 g/mol. The minimum atomic E-state index is -0.00984. The second-order valence-corrected chi connectivity index (χ2v) is 8.92. The van der Waals surface area contributed by atoms with Crippen molar-refractivity contribution < 1.29 is 4.79 Å². The van der Waals surface area contributed by atoms with E-state index in [0.29, 0.717) is 11.5 Å². The van der Waals surface area contributed by atoms with Crippen molar-refractivity contribution in [1.29, 1.82) is 0 Å². The van der Waals surface area contributed by atoms with Crippen LogP contribution < -0.4 is 10.2 Å². The molecule has 0 saturated heterocycles.